The lowest BCUT2D eigenvalue weighted by atomic mass is 10.3. The second-order valence-corrected chi connectivity index (χ2v) is 2.86. The van der Waals surface area contributed by atoms with Crippen LogP contribution in [0.2, 0.25) is 0 Å². The van der Waals surface area contributed by atoms with Crippen LogP contribution in [0.15, 0.2) is 88.7 Å². The molecule has 0 spiro atoms. The van der Waals surface area contributed by atoms with Gasteiger partial charge in [-0.05, 0) is 17.4 Å². The maximum absolute atomic E-state index is 4.55. The highest BCUT2D eigenvalue weighted by atomic mass is 17.3. The highest BCUT2D eigenvalue weighted by molar-refractivity contribution is 5.71. The summed E-state index contributed by atoms with van der Waals surface area (Å²) in [6.45, 7) is 0. The molecule has 0 aliphatic carbocycles. The third kappa shape index (κ3) is 8.60. The second-order valence-electron chi connectivity index (χ2n) is 2.86. The first kappa shape index (κ1) is 13.4. The monoisotopic (exact) mass is 243 g/mol. The topological polar surface area (TPSA) is 55.5 Å². The highest BCUT2D eigenvalue weighted by Crippen LogP contribution is 1.88. The van der Waals surface area contributed by atoms with Gasteiger partial charge in [-0.25, -0.2) is 0 Å². The third-order valence-corrected chi connectivity index (χ3v) is 1.56. The SMILES string of the molecule is C1=C\C=C\C=C/C=C/C=N/N=N\OO\C=C\C=C/1. The summed E-state index contributed by atoms with van der Waals surface area (Å²) in [4.78, 5) is 8.88. The van der Waals surface area contributed by atoms with Crippen molar-refractivity contribution >= 4 is 6.21 Å². The largest absolute Gasteiger partial charge is 0.274 e. The number of nitrogens with zero attached hydrogens (tertiary/aromatic N) is 3. The van der Waals surface area contributed by atoms with Gasteiger partial charge in [-0.1, -0.05) is 54.7 Å². The Balaban J connectivity index is 2.58. The third-order valence-electron chi connectivity index (χ3n) is 1.56. The van der Waals surface area contributed by atoms with Crippen LogP contribution in [0.5, 0.6) is 0 Å². The van der Waals surface area contributed by atoms with E-state index < -0.39 is 0 Å². The second kappa shape index (κ2) is 10.8. The Labute approximate surface area is 105 Å². The Morgan fingerprint density at radius 2 is 1.17 bits per heavy atom. The zero-order valence-corrected chi connectivity index (χ0v) is 9.66. The van der Waals surface area contributed by atoms with Gasteiger partial charge in [0, 0.05) is 0 Å². The number of hydrogen-bond acceptors (Lipinski definition) is 5. The lowest BCUT2D eigenvalue weighted by Gasteiger charge is -1.87. The van der Waals surface area contributed by atoms with Gasteiger partial charge < -0.3 is 0 Å². The Morgan fingerprint density at radius 1 is 0.611 bits per heavy atom. The molecule has 0 atom stereocenters. The van der Waals surface area contributed by atoms with Gasteiger partial charge >= 0.3 is 0 Å². The first-order chi connectivity index (χ1) is 9.00. The number of allylic oxidation sites excluding steroid dienone is 11. The van der Waals surface area contributed by atoms with Crippen molar-refractivity contribution in [1.29, 1.82) is 0 Å². The van der Waals surface area contributed by atoms with Crippen LogP contribution in [0.1, 0.15) is 0 Å². The maximum atomic E-state index is 4.55. The number of rotatable bonds is 0. The average Bonchev–Trinajstić information content (AvgIpc) is 2.39. The molecule has 1 aliphatic rings. The van der Waals surface area contributed by atoms with Gasteiger partial charge in [0.2, 0.25) is 0 Å². The Hall–Kier alpha value is -2.69. The van der Waals surface area contributed by atoms with E-state index in [0.29, 0.717) is 0 Å². The lowest BCUT2D eigenvalue weighted by Crippen LogP contribution is -1.74. The van der Waals surface area contributed by atoms with Crippen LogP contribution in [-0.2, 0) is 9.88 Å². The van der Waals surface area contributed by atoms with Gasteiger partial charge in [-0.15, -0.1) is 10.1 Å². The van der Waals surface area contributed by atoms with Gasteiger partial charge in [0.15, 0.2) is 0 Å². The molecule has 0 aromatic rings. The molecule has 0 bridgehead atoms. The molecule has 0 aromatic heterocycles. The summed E-state index contributed by atoms with van der Waals surface area (Å²) in [5.41, 5.74) is 0. The minimum absolute atomic E-state index is 1.33. The molecule has 1 heterocycles. The van der Waals surface area contributed by atoms with Crippen molar-refractivity contribution in [2.75, 3.05) is 0 Å². The van der Waals surface area contributed by atoms with Crippen LogP contribution >= 0.6 is 0 Å². The molecule has 1 aliphatic heterocycles. The zero-order chi connectivity index (χ0) is 12.7. The molecule has 0 N–H and O–H groups in total. The molecule has 0 aromatic carbocycles. The summed E-state index contributed by atoms with van der Waals surface area (Å²) in [5.74, 6) is 0. The predicted molar refractivity (Wildman–Crippen MR) is 70.4 cm³/mol. The van der Waals surface area contributed by atoms with Crippen LogP contribution < -0.4 is 0 Å². The minimum Gasteiger partial charge on any atom is -0.274 e. The van der Waals surface area contributed by atoms with Crippen LogP contribution in [0, 0.1) is 0 Å². The van der Waals surface area contributed by atoms with E-state index in [2.05, 4.69) is 25.5 Å². The minimum atomic E-state index is 1.33. The summed E-state index contributed by atoms with van der Waals surface area (Å²) >= 11 is 0. The van der Waals surface area contributed by atoms with Gasteiger partial charge in [0.05, 0.1) is 11.5 Å². The van der Waals surface area contributed by atoms with Crippen molar-refractivity contribution in [2.45, 2.75) is 0 Å². The first-order valence-electron chi connectivity index (χ1n) is 5.24. The molecule has 0 amide bonds. The van der Waals surface area contributed by atoms with Gasteiger partial charge in [-0.2, -0.15) is 0 Å². The molecule has 18 heavy (non-hydrogen) atoms. The molecular formula is C13H13N3O2. The van der Waals surface area contributed by atoms with Crippen molar-refractivity contribution in [3.8, 4) is 0 Å². The summed E-state index contributed by atoms with van der Waals surface area (Å²) in [7, 11) is 0. The molecule has 0 radical (unpaired) electrons. The summed E-state index contributed by atoms with van der Waals surface area (Å²) in [5, 5.41) is 10.1. The van der Waals surface area contributed by atoms with Crippen LogP contribution in [0.3, 0.4) is 0 Å². The van der Waals surface area contributed by atoms with E-state index in [1.165, 1.54) is 12.5 Å². The fourth-order valence-electron chi connectivity index (χ4n) is 0.853. The quantitative estimate of drug-likeness (QED) is 0.610. The summed E-state index contributed by atoms with van der Waals surface area (Å²) in [6, 6.07) is 0. The molecule has 92 valence electrons. The van der Waals surface area contributed by atoms with Gasteiger partial charge in [0.1, 0.15) is 6.26 Å². The number of hydrogen-bond donors (Lipinski definition) is 0. The first-order valence-corrected chi connectivity index (χ1v) is 5.24. The molecule has 5 heteroatoms. The zero-order valence-electron chi connectivity index (χ0n) is 9.66. The van der Waals surface area contributed by atoms with Crippen molar-refractivity contribution in [1.82, 2.24) is 0 Å². The van der Waals surface area contributed by atoms with E-state index in [-0.39, 0.29) is 0 Å². The Morgan fingerprint density at radius 3 is 1.83 bits per heavy atom. The molecular weight excluding hydrogens is 230 g/mol. The van der Waals surface area contributed by atoms with Crippen LogP contribution in [-0.4, -0.2) is 6.21 Å². The Bertz CT molecular complexity index is 399. The van der Waals surface area contributed by atoms with E-state index >= 15 is 0 Å². The molecule has 0 saturated heterocycles. The fourth-order valence-corrected chi connectivity index (χ4v) is 0.853. The van der Waals surface area contributed by atoms with E-state index in [0.717, 1.165) is 0 Å². The Kier molecular flexibility index (Phi) is 8.04. The highest BCUT2D eigenvalue weighted by Gasteiger charge is 1.73. The van der Waals surface area contributed by atoms with Crippen LogP contribution in [0.25, 0.3) is 0 Å². The van der Waals surface area contributed by atoms with Crippen molar-refractivity contribution < 1.29 is 9.88 Å². The standard InChI is InChI=1S/C13H13N3O2/c1-2-4-6-8-10-12-14-15-16-18-17-13-11-9-7-5-3-1/h1-13H/b2-1+,5-3-,6-4-,9-7-,10-8+,13-11+,14-12+,16-15-. The molecule has 0 saturated carbocycles. The van der Waals surface area contributed by atoms with E-state index in [4.69, 9.17) is 0 Å². The lowest BCUT2D eigenvalue weighted by molar-refractivity contribution is -0.257. The van der Waals surface area contributed by atoms with Crippen molar-refractivity contribution in [3.63, 3.8) is 0 Å². The van der Waals surface area contributed by atoms with Crippen molar-refractivity contribution in [2.24, 2.45) is 15.6 Å². The predicted octanol–water partition coefficient (Wildman–Crippen LogP) is 3.60. The summed E-state index contributed by atoms with van der Waals surface area (Å²) in [6.07, 6.45) is 23.0. The van der Waals surface area contributed by atoms with E-state index in [9.17, 15) is 0 Å². The molecule has 1 rings (SSSR count). The smallest absolute Gasteiger partial charge is 0.145 e. The molecule has 0 unspecified atom stereocenters. The maximum Gasteiger partial charge on any atom is 0.145 e. The fraction of sp³-hybridized carbons (Fsp3) is 0. The van der Waals surface area contributed by atoms with Crippen molar-refractivity contribution in [3.05, 3.63) is 73.1 Å². The van der Waals surface area contributed by atoms with E-state index in [1.807, 2.05) is 48.6 Å². The molecule has 0 fully saturated rings. The summed E-state index contributed by atoms with van der Waals surface area (Å²) < 4.78 is 0. The average molecular weight is 243 g/mol. The van der Waals surface area contributed by atoms with E-state index in [1.54, 1.807) is 18.2 Å². The molecule has 5 nitrogen and oxygen atoms in total. The van der Waals surface area contributed by atoms with Crippen LogP contribution in [0.4, 0.5) is 0 Å². The van der Waals surface area contributed by atoms with Gasteiger partial charge in [-0.3, -0.25) is 4.89 Å². The van der Waals surface area contributed by atoms with Gasteiger partial charge in [0.25, 0.3) is 0 Å². The normalized spacial score (nSPS) is 30.2.